The van der Waals surface area contributed by atoms with Crippen LogP contribution in [0.4, 0.5) is 17.6 Å². The zero-order valence-electron chi connectivity index (χ0n) is 11.9. The monoisotopic (exact) mass is 332 g/mol. The van der Waals surface area contributed by atoms with Crippen molar-refractivity contribution in [2.45, 2.75) is 6.55 Å². The maximum atomic E-state index is 14.0. The summed E-state index contributed by atoms with van der Waals surface area (Å²) in [6, 6.07) is 4.27. The van der Waals surface area contributed by atoms with E-state index in [1.54, 1.807) is 6.07 Å². The highest BCUT2D eigenvalue weighted by Crippen LogP contribution is 2.34. The van der Waals surface area contributed by atoms with Gasteiger partial charge in [0.15, 0.2) is 5.82 Å². The first kappa shape index (κ1) is 14.6. The van der Waals surface area contributed by atoms with E-state index < -0.39 is 18.2 Å². The summed E-state index contributed by atoms with van der Waals surface area (Å²) in [7, 11) is 0. The lowest BCUT2D eigenvalue weighted by Crippen LogP contribution is -2.01. The van der Waals surface area contributed by atoms with Crippen molar-refractivity contribution in [1.29, 1.82) is 0 Å². The van der Waals surface area contributed by atoms with E-state index in [9.17, 15) is 17.6 Å². The van der Waals surface area contributed by atoms with Crippen molar-refractivity contribution in [2.75, 3.05) is 0 Å². The van der Waals surface area contributed by atoms with Crippen LogP contribution in [0, 0.1) is 11.6 Å². The van der Waals surface area contributed by atoms with E-state index in [4.69, 9.17) is 0 Å². The van der Waals surface area contributed by atoms with E-state index in [2.05, 4.69) is 15.0 Å². The Morgan fingerprint density at radius 3 is 2.46 bits per heavy atom. The Bertz CT molecular complexity index is 1070. The maximum absolute atomic E-state index is 14.0. The number of halogens is 4. The molecule has 24 heavy (non-hydrogen) atoms. The second-order valence-corrected chi connectivity index (χ2v) is 5.12. The Morgan fingerprint density at radius 2 is 1.71 bits per heavy atom. The molecule has 4 heterocycles. The minimum atomic E-state index is -2.99. The van der Waals surface area contributed by atoms with Crippen LogP contribution < -0.4 is 0 Å². The van der Waals surface area contributed by atoms with E-state index in [-0.39, 0.29) is 22.2 Å². The number of hydrogen-bond acceptors (Lipinski definition) is 3. The largest absolute Gasteiger partial charge is 0.320 e. The first-order valence-corrected chi connectivity index (χ1v) is 6.89. The number of pyridine rings is 3. The van der Waals surface area contributed by atoms with Gasteiger partial charge >= 0.3 is 6.55 Å². The van der Waals surface area contributed by atoms with E-state index >= 15 is 0 Å². The molecule has 0 aliphatic carbocycles. The molecule has 0 bridgehead atoms. The molecule has 0 unspecified atom stereocenters. The van der Waals surface area contributed by atoms with Gasteiger partial charge in [0.2, 0.25) is 0 Å². The summed E-state index contributed by atoms with van der Waals surface area (Å²) in [5.74, 6) is -1.43. The third kappa shape index (κ3) is 2.10. The van der Waals surface area contributed by atoms with Crippen molar-refractivity contribution in [3.63, 3.8) is 0 Å². The highest BCUT2D eigenvalue weighted by Gasteiger charge is 2.21. The average Bonchev–Trinajstić information content (AvgIpc) is 2.90. The first-order valence-electron chi connectivity index (χ1n) is 6.89. The van der Waals surface area contributed by atoms with E-state index in [1.807, 2.05) is 0 Å². The minimum Gasteiger partial charge on any atom is -0.265 e. The van der Waals surface area contributed by atoms with Crippen molar-refractivity contribution >= 4 is 21.9 Å². The molecule has 0 amide bonds. The van der Waals surface area contributed by atoms with E-state index in [0.29, 0.717) is 15.5 Å². The van der Waals surface area contributed by atoms with Crippen molar-refractivity contribution < 1.29 is 17.6 Å². The van der Waals surface area contributed by atoms with Crippen LogP contribution in [0.2, 0.25) is 0 Å². The van der Waals surface area contributed by atoms with Gasteiger partial charge < -0.3 is 0 Å². The maximum Gasteiger partial charge on any atom is 0.320 e. The molecule has 8 heteroatoms. The molecule has 0 spiro atoms. The van der Waals surface area contributed by atoms with Gasteiger partial charge in [-0.25, -0.2) is 13.8 Å². The van der Waals surface area contributed by atoms with Crippen LogP contribution in [0.15, 0.2) is 43.0 Å². The Labute approximate surface area is 132 Å². The van der Waals surface area contributed by atoms with Gasteiger partial charge in [0.25, 0.3) is 0 Å². The number of hydrogen-bond donors (Lipinski definition) is 0. The molecular formula is C16H8F4N4. The lowest BCUT2D eigenvalue weighted by Gasteiger charge is -2.06. The topological polar surface area (TPSA) is 43.6 Å². The second-order valence-electron chi connectivity index (χ2n) is 5.12. The molecule has 0 aliphatic rings. The summed E-state index contributed by atoms with van der Waals surface area (Å²) in [5, 5.41) is 0.576. The van der Waals surface area contributed by atoms with Crippen LogP contribution in [0.5, 0.6) is 0 Å². The summed E-state index contributed by atoms with van der Waals surface area (Å²) < 4.78 is 54.9. The molecule has 4 nitrogen and oxygen atoms in total. The molecular weight excluding hydrogens is 324 g/mol. The highest BCUT2D eigenvalue weighted by atomic mass is 19.3. The molecule has 0 saturated heterocycles. The fourth-order valence-corrected chi connectivity index (χ4v) is 2.72. The molecule has 0 aliphatic heterocycles. The fourth-order valence-electron chi connectivity index (χ4n) is 2.72. The van der Waals surface area contributed by atoms with Gasteiger partial charge in [-0.1, -0.05) is 0 Å². The summed E-state index contributed by atoms with van der Waals surface area (Å²) in [6.45, 7) is -2.99. The summed E-state index contributed by atoms with van der Waals surface area (Å²) >= 11 is 0. The van der Waals surface area contributed by atoms with Gasteiger partial charge in [-0.3, -0.25) is 14.5 Å². The molecule has 0 fully saturated rings. The zero-order valence-corrected chi connectivity index (χ0v) is 11.9. The molecule has 0 radical (unpaired) electrons. The Balaban J connectivity index is 2.08. The highest BCUT2D eigenvalue weighted by molar-refractivity contribution is 6.07. The number of fused-ring (bicyclic) bond motifs is 3. The summed E-state index contributed by atoms with van der Waals surface area (Å²) in [4.78, 5) is 11.6. The van der Waals surface area contributed by atoms with Gasteiger partial charge in [-0.05, 0) is 18.2 Å². The van der Waals surface area contributed by atoms with Crippen molar-refractivity contribution in [2.24, 2.45) is 0 Å². The van der Waals surface area contributed by atoms with E-state index in [0.717, 1.165) is 12.4 Å². The average molecular weight is 332 g/mol. The Hall–Kier alpha value is -3.03. The number of aromatic nitrogens is 4. The quantitative estimate of drug-likeness (QED) is 0.514. The van der Waals surface area contributed by atoms with E-state index in [1.165, 1.54) is 24.5 Å². The third-order valence-electron chi connectivity index (χ3n) is 3.70. The summed E-state index contributed by atoms with van der Waals surface area (Å²) in [5.41, 5.74) is 0.222. The molecule has 120 valence electrons. The Morgan fingerprint density at radius 1 is 0.917 bits per heavy atom. The van der Waals surface area contributed by atoms with Gasteiger partial charge in [0.05, 0.1) is 23.6 Å². The fraction of sp³-hybridized carbons (Fsp3) is 0.0625. The minimum absolute atomic E-state index is 0.103. The normalized spacial score (nSPS) is 11.7. The van der Waals surface area contributed by atoms with Gasteiger partial charge in [-0.2, -0.15) is 8.78 Å². The molecule has 0 aromatic carbocycles. The SMILES string of the molecule is Fc1cncc(-c2ccc3c4cncc(F)c4n(C(F)F)c3n2)c1. The van der Waals surface area contributed by atoms with Crippen LogP contribution in [0.3, 0.4) is 0 Å². The van der Waals surface area contributed by atoms with Crippen LogP contribution in [0.1, 0.15) is 6.55 Å². The van der Waals surface area contributed by atoms with Gasteiger partial charge in [-0.15, -0.1) is 0 Å². The predicted octanol–water partition coefficient (Wildman–Crippen LogP) is 4.32. The molecule has 4 aromatic heterocycles. The van der Waals surface area contributed by atoms with Crippen molar-refractivity contribution in [3.05, 3.63) is 54.6 Å². The molecule has 0 N–H and O–H groups in total. The number of alkyl halides is 2. The van der Waals surface area contributed by atoms with Crippen LogP contribution in [-0.2, 0) is 0 Å². The molecule has 4 aromatic rings. The van der Waals surface area contributed by atoms with Crippen LogP contribution in [0.25, 0.3) is 33.2 Å². The van der Waals surface area contributed by atoms with Gasteiger partial charge in [0, 0.05) is 28.7 Å². The number of rotatable bonds is 2. The van der Waals surface area contributed by atoms with Crippen LogP contribution in [-0.4, -0.2) is 19.5 Å². The van der Waals surface area contributed by atoms with Crippen molar-refractivity contribution in [1.82, 2.24) is 19.5 Å². The first-order chi connectivity index (χ1) is 11.6. The third-order valence-corrected chi connectivity index (χ3v) is 3.70. The summed E-state index contributed by atoms with van der Waals surface area (Å²) in [6.07, 6.45) is 4.58. The Kier molecular flexibility index (Phi) is 3.19. The van der Waals surface area contributed by atoms with Crippen molar-refractivity contribution in [3.8, 4) is 11.3 Å². The zero-order chi connectivity index (χ0) is 16.8. The molecule has 0 atom stereocenters. The molecule has 4 rings (SSSR count). The van der Waals surface area contributed by atoms with Gasteiger partial charge in [0.1, 0.15) is 11.5 Å². The molecule has 0 saturated carbocycles. The van der Waals surface area contributed by atoms with Crippen LogP contribution >= 0.6 is 0 Å². The lowest BCUT2D eigenvalue weighted by molar-refractivity contribution is 0.0785. The second kappa shape index (κ2) is 5.26. The predicted molar refractivity (Wildman–Crippen MR) is 79.4 cm³/mol. The smallest absolute Gasteiger partial charge is 0.265 e. The standard InChI is InChI=1S/C16H8F4N4/c17-9-3-8(4-21-5-9)13-2-1-10-11-6-22-7-12(18)14(11)24(16(19)20)15(10)23-13/h1-7,16H. The lowest BCUT2D eigenvalue weighted by atomic mass is 10.1. The number of nitrogens with zero attached hydrogens (tertiary/aromatic N) is 4.